The Morgan fingerprint density at radius 1 is 1.24 bits per heavy atom. The third kappa shape index (κ3) is 3.60. The van der Waals surface area contributed by atoms with Crippen molar-refractivity contribution < 1.29 is 4.79 Å². The maximum Gasteiger partial charge on any atom is 0.225 e. The van der Waals surface area contributed by atoms with Crippen LogP contribution >= 0.6 is 0 Å². The third-order valence-corrected chi connectivity index (χ3v) is 4.81. The van der Waals surface area contributed by atoms with Crippen LogP contribution in [0.2, 0.25) is 0 Å². The summed E-state index contributed by atoms with van der Waals surface area (Å²) in [5.74, 6) is 2.40. The number of carbonyl (C=O) groups is 1. The molecule has 0 bridgehead atoms. The van der Waals surface area contributed by atoms with E-state index in [-0.39, 0.29) is 11.9 Å². The molecule has 136 valence electrons. The lowest BCUT2D eigenvalue weighted by Crippen LogP contribution is -2.30. The molecule has 1 aliphatic rings. The highest BCUT2D eigenvalue weighted by Crippen LogP contribution is 2.20. The number of hydrogen-bond acceptors (Lipinski definition) is 4. The Morgan fingerprint density at radius 3 is 2.72 bits per heavy atom. The van der Waals surface area contributed by atoms with Crippen molar-refractivity contribution >= 4 is 5.91 Å². The topological polar surface area (TPSA) is 77.6 Å². The van der Waals surface area contributed by atoms with Gasteiger partial charge in [0, 0.05) is 30.8 Å². The number of carbonyl (C=O) groups excluding carboxylic acids is 1. The summed E-state index contributed by atoms with van der Waals surface area (Å²) in [5.41, 5.74) is 3.04. The summed E-state index contributed by atoms with van der Waals surface area (Å²) >= 11 is 0. The van der Waals surface area contributed by atoms with Crippen molar-refractivity contribution in [3.8, 4) is 0 Å². The van der Waals surface area contributed by atoms with Gasteiger partial charge in [0.05, 0.1) is 18.2 Å². The minimum atomic E-state index is -0.141. The van der Waals surface area contributed by atoms with Gasteiger partial charge >= 0.3 is 0 Å². The Hall–Kier alpha value is -2.18. The minimum absolute atomic E-state index is 0.00172. The summed E-state index contributed by atoms with van der Waals surface area (Å²) in [6, 6.07) is -0.141. The Morgan fingerprint density at radius 2 is 2.00 bits per heavy atom. The molecule has 0 spiro atoms. The van der Waals surface area contributed by atoms with Crippen LogP contribution in [0.4, 0.5) is 0 Å². The van der Waals surface area contributed by atoms with Crippen LogP contribution in [0.15, 0.2) is 0 Å². The zero-order valence-electron chi connectivity index (χ0n) is 15.8. The molecule has 0 saturated carbocycles. The number of amides is 1. The number of nitrogens with zero attached hydrogens (tertiary/aromatic N) is 5. The first-order chi connectivity index (χ1) is 11.9. The number of aryl methyl sites for hydroxylation is 2. The molecule has 7 nitrogen and oxygen atoms in total. The van der Waals surface area contributed by atoms with E-state index >= 15 is 0 Å². The average Bonchev–Trinajstić information content (AvgIpc) is 3.18. The third-order valence-electron chi connectivity index (χ3n) is 4.81. The first-order valence-electron chi connectivity index (χ1n) is 9.11. The second-order valence-electron chi connectivity index (χ2n) is 7.42. The van der Waals surface area contributed by atoms with E-state index in [4.69, 9.17) is 0 Å². The second kappa shape index (κ2) is 6.98. The van der Waals surface area contributed by atoms with Crippen molar-refractivity contribution in [3.05, 3.63) is 28.6 Å². The van der Waals surface area contributed by atoms with E-state index < -0.39 is 0 Å². The van der Waals surface area contributed by atoms with Crippen molar-refractivity contribution in [2.24, 2.45) is 5.92 Å². The fourth-order valence-corrected chi connectivity index (χ4v) is 3.52. The molecule has 1 aliphatic heterocycles. The van der Waals surface area contributed by atoms with Gasteiger partial charge in [-0.2, -0.15) is 5.10 Å². The van der Waals surface area contributed by atoms with Crippen molar-refractivity contribution in [2.45, 2.75) is 73.0 Å². The van der Waals surface area contributed by atoms with Gasteiger partial charge in [-0.1, -0.05) is 13.8 Å². The van der Waals surface area contributed by atoms with Crippen molar-refractivity contribution in [2.75, 3.05) is 0 Å². The number of fused-ring (bicyclic) bond motifs is 1. The Bertz CT molecular complexity index is 773. The molecular weight excluding hydrogens is 316 g/mol. The Kier molecular flexibility index (Phi) is 4.92. The maximum atomic E-state index is 12.5. The van der Waals surface area contributed by atoms with E-state index in [2.05, 4.69) is 39.0 Å². The molecule has 2 aromatic rings. The highest BCUT2D eigenvalue weighted by atomic mass is 16.1. The lowest BCUT2D eigenvalue weighted by Gasteiger charge is -2.14. The van der Waals surface area contributed by atoms with E-state index in [9.17, 15) is 4.79 Å². The molecule has 3 rings (SSSR count). The minimum Gasteiger partial charge on any atom is -0.346 e. The number of nitrogens with one attached hydrogen (secondary N) is 1. The van der Waals surface area contributed by atoms with E-state index in [0.717, 1.165) is 54.5 Å². The normalized spacial score (nSPS) is 14.8. The molecule has 2 aromatic heterocycles. The van der Waals surface area contributed by atoms with Crippen LogP contribution in [0.5, 0.6) is 0 Å². The Balaban J connectivity index is 1.67. The molecule has 25 heavy (non-hydrogen) atoms. The molecule has 1 N–H and O–H groups in total. The highest BCUT2D eigenvalue weighted by Gasteiger charge is 2.23. The SMILES string of the molecule is Cc1nn(CC(C)C)c(C)c1CC(=O)N[C@@H](C)c1nnc2n1CCC2. The molecule has 3 heterocycles. The summed E-state index contributed by atoms with van der Waals surface area (Å²) < 4.78 is 4.14. The quantitative estimate of drug-likeness (QED) is 0.871. The van der Waals surface area contributed by atoms with Crippen LogP contribution in [-0.4, -0.2) is 30.5 Å². The summed E-state index contributed by atoms with van der Waals surface area (Å²) in [5, 5.41) is 16.1. The average molecular weight is 344 g/mol. The number of hydrogen-bond donors (Lipinski definition) is 1. The molecule has 0 saturated heterocycles. The summed E-state index contributed by atoms with van der Waals surface area (Å²) in [6.07, 6.45) is 2.42. The molecule has 0 fully saturated rings. The van der Waals surface area contributed by atoms with E-state index in [1.165, 1.54) is 0 Å². The van der Waals surface area contributed by atoms with E-state index in [1.807, 2.05) is 25.5 Å². The summed E-state index contributed by atoms with van der Waals surface area (Å²) in [7, 11) is 0. The monoisotopic (exact) mass is 344 g/mol. The van der Waals surface area contributed by atoms with Crippen molar-refractivity contribution in [3.63, 3.8) is 0 Å². The number of rotatable bonds is 6. The highest BCUT2D eigenvalue weighted by molar-refractivity contribution is 5.79. The first kappa shape index (κ1) is 17.6. The lowest BCUT2D eigenvalue weighted by molar-refractivity contribution is -0.121. The van der Waals surface area contributed by atoms with Gasteiger partial charge in [0.15, 0.2) is 5.82 Å². The molecular formula is C18H28N6O. The molecule has 1 atom stereocenters. The molecule has 1 amide bonds. The van der Waals surface area contributed by atoms with Gasteiger partial charge in [0.2, 0.25) is 5.91 Å². The fraction of sp³-hybridized carbons (Fsp3) is 0.667. The van der Waals surface area contributed by atoms with E-state index in [1.54, 1.807) is 0 Å². The summed E-state index contributed by atoms with van der Waals surface area (Å²) in [6.45, 7) is 12.1. The molecule has 7 heteroatoms. The zero-order valence-corrected chi connectivity index (χ0v) is 15.8. The van der Waals surface area contributed by atoms with Crippen LogP contribution in [0.25, 0.3) is 0 Å². The largest absolute Gasteiger partial charge is 0.346 e. The first-order valence-corrected chi connectivity index (χ1v) is 9.11. The lowest BCUT2D eigenvalue weighted by atomic mass is 10.1. The van der Waals surface area contributed by atoms with Crippen LogP contribution in [0, 0.1) is 19.8 Å². The van der Waals surface area contributed by atoms with Gasteiger partial charge in [-0.15, -0.1) is 10.2 Å². The van der Waals surface area contributed by atoms with Crippen LogP contribution in [-0.2, 0) is 30.7 Å². The molecule has 0 aliphatic carbocycles. The van der Waals surface area contributed by atoms with Crippen molar-refractivity contribution in [1.29, 1.82) is 0 Å². The maximum absolute atomic E-state index is 12.5. The van der Waals surface area contributed by atoms with Crippen LogP contribution in [0.1, 0.15) is 61.8 Å². The molecule has 0 radical (unpaired) electrons. The van der Waals surface area contributed by atoms with Gasteiger partial charge in [0.1, 0.15) is 5.82 Å². The van der Waals surface area contributed by atoms with Gasteiger partial charge in [0.25, 0.3) is 0 Å². The van der Waals surface area contributed by atoms with Gasteiger partial charge in [-0.05, 0) is 33.1 Å². The summed E-state index contributed by atoms with van der Waals surface area (Å²) in [4.78, 5) is 12.5. The van der Waals surface area contributed by atoms with Gasteiger partial charge in [-0.25, -0.2) is 0 Å². The smallest absolute Gasteiger partial charge is 0.225 e. The van der Waals surface area contributed by atoms with Crippen LogP contribution in [0.3, 0.4) is 0 Å². The zero-order chi connectivity index (χ0) is 18.1. The van der Waals surface area contributed by atoms with Crippen LogP contribution < -0.4 is 5.32 Å². The van der Waals surface area contributed by atoms with Gasteiger partial charge < -0.3 is 9.88 Å². The molecule has 0 aromatic carbocycles. The predicted octanol–water partition coefficient (Wildman–Crippen LogP) is 2.11. The fourth-order valence-electron chi connectivity index (χ4n) is 3.52. The Labute approximate surface area is 148 Å². The van der Waals surface area contributed by atoms with E-state index in [0.29, 0.717) is 12.3 Å². The predicted molar refractivity (Wildman–Crippen MR) is 95.1 cm³/mol. The molecule has 0 unspecified atom stereocenters. The standard InChI is InChI=1S/C18H28N6O/c1-11(2)10-24-14(5)15(12(3)22-24)9-17(25)19-13(4)18-21-20-16-7-6-8-23(16)18/h11,13H,6-10H2,1-5H3,(H,19,25)/t13-/m0/s1. The van der Waals surface area contributed by atoms with Crippen molar-refractivity contribution in [1.82, 2.24) is 29.9 Å². The number of aromatic nitrogens is 5. The second-order valence-corrected chi connectivity index (χ2v) is 7.42. The van der Waals surface area contributed by atoms with Gasteiger partial charge in [-0.3, -0.25) is 9.48 Å².